The second kappa shape index (κ2) is 4.55. The van der Waals surface area contributed by atoms with Crippen LogP contribution < -0.4 is 11.2 Å². The maximum absolute atomic E-state index is 11.8. The van der Waals surface area contributed by atoms with Gasteiger partial charge in [0, 0.05) is 11.8 Å². The van der Waals surface area contributed by atoms with E-state index in [1.54, 1.807) is 31.3 Å². The molecule has 2 aromatic rings. The molecule has 0 aromatic carbocycles. The lowest BCUT2D eigenvalue weighted by Crippen LogP contribution is -2.37. The van der Waals surface area contributed by atoms with Crippen molar-refractivity contribution in [3.8, 4) is 0 Å². The van der Waals surface area contributed by atoms with E-state index in [0.29, 0.717) is 11.3 Å². The molecule has 0 saturated carbocycles. The van der Waals surface area contributed by atoms with E-state index in [0.717, 1.165) is 4.57 Å². The van der Waals surface area contributed by atoms with E-state index in [1.165, 1.54) is 0 Å². The fraction of sp³-hybridized carbons (Fsp3) is 0.182. The summed E-state index contributed by atoms with van der Waals surface area (Å²) in [6.45, 7) is 1.70. The number of rotatable bonds is 2. The number of nitrogens with zero attached hydrogens (tertiary/aromatic N) is 2. The van der Waals surface area contributed by atoms with Gasteiger partial charge in [0.15, 0.2) is 0 Å². The van der Waals surface area contributed by atoms with E-state index >= 15 is 0 Å². The summed E-state index contributed by atoms with van der Waals surface area (Å²) in [5, 5.41) is 0.0808. The van der Waals surface area contributed by atoms with E-state index in [-0.39, 0.29) is 11.7 Å². The Labute approximate surface area is 102 Å². The van der Waals surface area contributed by atoms with E-state index in [2.05, 4.69) is 9.97 Å². The van der Waals surface area contributed by atoms with Crippen LogP contribution in [0.3, 0.4) is 0 Å². The monoisotopic (exact) mass is 251 g/mol. The molecule has 0 aliphatic rings. The van der Waals surface area contributed by atoms with Crippen LogP contribution in [-0.2, 0) is 6.54 Å². The predicted octanol–water partition coefficient (Wildman–Crippen LogP) is 0.942. The van der Waals surface area contributed by atoms with Gasteiger partial charge in [-0.25, -0.2) is 4.79 Å². The lowest BCUT2D eigenvalue weighted by atomic mass is 10.3. The van der Waals surface area contributed by atoms with Crippen molar-refractivity contribution in [1.82, 2.24) is 14.5 Å². The number of aromatic amines is 1. The lowest BCUT2D eigenvalue weighted by Gasteiger charge is -2.05. The van der Waals surface area contributed by atoms with Crippen LogP contribution in [0.1, 0.15) is 11.3 Å². The minimum absolute atomic E-state index is 0.0808. The Morgan fingerprint density at radius 1 is 1.41 bits per heavy atom. The Kier molecular flexibility index (Phi) is 3.10. The lowest BCUT2D eigenvalue weighted by molar-refractivity contribution is 0.678. The van der Waals surface area contributed by atoms with Crippen molar-refractivity contribution >= 4 is 11.6 Å². The summed E-state index contributed by atoms with van der Waals surface area (Å²) >= 11 is 5.71. The summed E-state index contributed by atoms with van der Waals surface area (Å²) in [6.07, 6.45) is 1.61. The van der Waals surface area contributed by atoms with Crippen molar-refractivity contribution in [3.63, 3.8) is 0 Å². The summed E-state index contributed by atoms with van der Waals surface area (Å²) in [5.74, 6) is 0. The quantitative estimate of drug-likeness (QED) is 0.808. The third kappa shape index (κ3) is 2.29. The highest BCUT2D eigenvalue weighted by atomic mass is 35.5. The maximum Gasteiger partial charge on any atom is 0.329 e. The molecule has 2 aromatic heterocycles. The molecule has 17 heavy (non-hydrogen) atoms. The van der Waals surface area contributed by atoms with Crippen molar-refractivity contribution in [1.29, 1.82) is 0 Å². The Morgan fingerprint density at radius 3 is 2.82 bits per heavy atom. The van der Waals surface area contributed by atoms with Crippen LogP contribution in [0.5, 0.6) is 0 Å². The first kappa shape index (κ1) is 11.6. The molecule has 0 unspecified atom stereocenters. The number of aromatic nitrogens is 3. The highest BCUT2D eigenvalue weighted by Crippen LogP contribution is 2.03. The molecule has 2 rings (SSSR count). The van der Waals surface area contributed by atoms with Gasteiger partial charge in [-0.15, -0.1) is 0 Å². The zero-order valence-corrected chi connectivity index (χ0v) is 9.86. The minimum Gasteiger partial charge on any atom is -0.297 e. The molecule has 1 N–H and O–H groups in total. The van der Waals surface area contributed by atoms with Gasteiger partial charge >= 0.3 is 5.69 Å². The van der Waals surface area contributed by atoms with E-state index in [4.69, 9.17) is 11.6 Å². The number of nitrogens with one attached hydrogen (secondary N) is 1. The smallest absolute Gasteiger partial charge is 0.297 e. The molecule has 0 amide bonds. The summed E-state index contributed by atoms with van der Waals surface area (Å²) in [4.78, 5) is 29.9. The van der Waals surface area contributed by atoms with Crippen LogP contribution in [0.4, 0.5) is 0 Å². The first-order chi connectivity index (χ1) is 8.09. The highest BCUT2D eigenvalue weighted by Gasteiger charge is 2.09. The molecule has 0 fully saturated rings. The van der Waals surface area contributed by atoms with E-state index in [1.807, 2.05) is 0 Å². The molecule has 5 nitrogen and oxygen atoms in total. The largest absolute Gasteiger partial charge is 0.329 e. The molecule has 2 heterocycles. The molecule has 0 spiro atoms. The maximum atomic E-state index is 11.8. The van der Waals surface area contributed by atoms with Gasteiger partial charge in [0.2, 0.25) is 0 Å². The Balaban J connectivity index is 2.51. The van der Waals surface area contributed by atoms with Crippen molar-refractivity contribution in [3.05, 3.63) is 61.6 Å². The molecule has 88 valence electrons. The SMILES string of the molecule is Cc1c(Cl)[nH]c(=O)n(Cc2ccccn2)c1=O. The molecule has 0 radical (unpaired) electrons. The third-order valence-electron chi connectivity index (χ3n) is 2.40. The average molecular weight is 252 g/mol. The second-order valence-electron chi connectivity index (χ2n) is 3.58. The predicted molar refractivity (Wildman–Crippen MR) is 64.4 cm³/mol. The summed E-state index contributed by atoms with van der Waals surface area (Å²) in [7, 11) is 0. The van der Waals surface area contributed by atoms with E-state index < -0.39 is 11.2 Å². The summed E-state index contributed by atoms with van der Waals surface area (Å²) in [5.41, 5.74) is 0.0321. The molecule has 0 saturated heterocycles. The van der Waals surface area contributed by atoms with Crippen molar-refractivity contribution in [2.24, 2.45) is 0 Å². The third-order valence-corrected chi connectivity index (χ3v) is 2.78. The average Bonchev–Trinajstić information content (AvgIpc) is 2.33. The minimum atomic E-state index is -0.531. The molecule has 0 atom stereocenters. The van der Waals surface area contributed by atoms with Gasteiger partial charge in [0.1, 0.15) is 5.15 Å². The molecule has 6 heteroatoms. The Bertz CT molecular complexity index is 646. The van der Waals surface area contributed by atoms with Gasteiger partial charge in [0.05, 0.1) is 12.2 Å². The second-order valence-corrected chi connectivity index (χ2v) is 3.96. The van der Waals surface area contributed by atoms with Gasteiger partial charge in [0.25, 0.3) is 5.56 Å². The van der Waals surface area contributed by atoms with Crippen LogP contribution in [0, 0.1) is 6.92 Å². The topological polar surface area (TPSA) is 67.8 Å². The van der Waals surface area contributed by atoms with Crippen molar-refractivity contribution in [2.75, 3.05) is 0 Å². The molecule has 0 aliphatic heterocycles. The van der Waals surface area contributed by atoms with E-state index in [9.17, 15) is 9.59 Å². The number of halogens is 1. The van der Waals surface area contributed by atoms with Gasteiger partial charge in [-0.2, -0.15) is 0 Å². The number of hydrogen-bond donors (Lipinski definition) is 1. The van der Waals surface area contributed by atoms with Crippen LogP contribution in [0.25, 0.3) is 0 Å². The molecular weight excluding hydrogens is 242 g/mol. The van der Waals surface area contributed by atoms with Crippen LogP contribution in [0.2, 0.25) is 5.15 Å². The first-order valence-corrected chi connectivity index (χ1v) is 5.36. The number of hydrogen-bond acceptors (Lipinski definition) is 3. The zero-order valence-electron chi connectivity index (χ0n) is 9.11. The zero-order chi connectivity index (χ0) is 12.4. The molecular formula is C11H10ClN3O2. The Morgan fingerprint density at radius 2 is 2.18 bits per heavy atom. The van der Waals surface area contributed by atoms with Crippen LogP contribution in [-0.4, -0.2) is 14.5 Å². The highest BCUT2D eigenvalue weighted by molar-refractivity contribution is 6.30. The fourth-order valence-corrected chi connectivity index (χ4v) is 1.60. The number of H-pyrrole nitrogens is 1. The molecule has 0 aliphatic carbocycles. The van der Waals surface area contributed by atoms with Crippen LogP contribution >= 0.6 is 11.6 Å². The summed E-state index contributed by atoms with van der Waals surface area (Å²) < 4.78 is 1.07. The molecule has 0 bridgehead atoms. The first-order valence-electron chi connectivity index (χ1n) is 4.98. The fourth-order valence-electron chi connectivity index (χ4n) is 1.44. The standard InChI is InChI=1S/C11H10ClN3O2/c1-7-9(12)14-11(17)15(10(7)16)6-8-4-2-3-5-13-8/h2-5H,6H2,1H3,(H,14,17). The van der Waals surface area contributed by atoms with Gasteiger partial charge in [-0.3, -0.25) is 19.3 Å². The van der Waals surface area contributed by atoms with Crippen LogP contribution in [0.15, 0.2) is 34.0 Å². The normalized spacial score (nSPS) is 10.5. The van der Waals surface area contributed by atoms with Gasteiger partial charge in [-0.05, 0) is 19.1 Å². The Hall–Kier alpha value is -1.88. The number of pyridine rings is 1. The van der Waals surface area contributed by atoms with Crippen molar-refractivity contribution in [2.45, 2.75) is 13.5 Å². The van der Waals surface area contributed by atoms with Gasteiger partial charge in [-0.1, -0.05) is 17.7 Å². The van der Waals surface area contributed by atoms with Crippen molar-refractivity contribution < 1.29 is 0 Å². The summed E-state index contributed by atoms with van der Waals surface area (Å²) in [6, 6.07) is 5.31. The van der Waals surface area contributed by atoms with Gasteiger partial charge < -0.3 is 0 Å².